The second kappa shape index (κ2) is 44.4. The van der Waals surface area contributed by atoms with Crippen LogP contribution in [0.25, 0.3) is 0 Å². The van der Waals surface area contributed by atoms with E-state index in [-0.39, 0.29) is 107 Å². The number of aliphatic hydroxyl groups is 1. The van der Waals surface area contributed by atoms with Gasteiger partial charge in [0.1, 0.15) is 71.9 Å². The second-order valence-electron chi connectivity index (χ2n) is 26.1. The number of nitrogens with one attached hydrogen (secondary N) is 11. The maximum absolute atomic E-state index is 14.6. The quantitative estimate of drug-likeness (QED) is 0.0143. The zero-order chi connectivity index (χ0) is 78.8. The van der Waals surface area contributed by atoms with Crippen LogP contribution in [-0.2, 0) is 81.6 Å². The molecular formula is C67H105N21O17. The molecule has 38 nitrogen and oxygen atoms in total. The van der Waals surface area contributed by atoms with Crippen molar-refractivity contribution in [2.45, 2.75) is 205 Å². The number of benzene rings is 2. The number of aliphatic carboxylic acids is 1. The maximum Gasteiger partial charge on any atom is 0.326 e. The molecule has 12 amide bonds. The van der Waals surface area contributed by atoms with Crippen molar-refractivity contribution in [1.29, 1.82) is 0 Å². The van der Waals surface area contributed by atoms with E-state index in [1.54, 1.807) is 41.5 Å². The Morgan fingerprint density at radius 1 is 0.467 bits per heavy atom. The standard InChI is InChI=1S/C67H105N21O17/c1-8-34(5)52(86-61(100)47(27-37-14-18-40(90)19-15-37)82-55(94)42(68)29-39-31-75-32-78-39)62(101)84-48(30-51(70)93)59(98)83-46(26-33(3)4)60(99)87-53(35(6)9-2)63(102)88-54(36(7)89)64(103)81-44(13-11-25-77-67(73)74)56(95)80-45(22-23-50(69)92)58(97)79-43(12-10-24-76-66(71)72)57(96)85-49(65(104)105)28-38-16-20-41(91)21-17-38/h14-21,31-36,42-49,52-54,89-91H,8-13,22-30,68H2,1-7H3,(H2,69,92)(H2,70,93)(H,75,78)(H,79,97)(H,80,95)(H,81,103)(H,82,94)(H,83,98)(H,84,101)(H,85,96)(H,86,100)(H,87,99)(H,88,102)(H,104,105)(H4,71,72,76)(H4,73,74,77). The number of phenols is 2. The number of nitrogens with two attached hydrogens (primary N) is 7. The van der Waals surface area contributed by atoms with E-state index in [1.165, 1.54) is 61.1 Å². The molecule has 105 heavy (non-hydrogen) atoms. The first-order valence-electron chi connectivity index (χ1n) is 34.3. The summed E-state index contributed by atoms with van der Waals surface area (Å²) in [6.45, 7) is 10.9. The van der Waals surface area contributed by atoms with Crippen molar-refractivity contribution >= 4 is 88.8 Å². The first-order chi connectivity index (χ1) is 49.4. The zero-order valence-corrected chi connectivity index (χ0v) is 60.0. The number of aromatic hydroxyl groups is 2. The molecule has 0 fully saturated rings. The summed E-state index contributed by atoms with van der Waals surface area (Å²) in [7, 11) is 0. The second-order valence-corrected chi connectivity index (χ2v) is 26.1. The number of carboxylic acids is 1. The minimum absolute atomic E-state index is 0.0200. The van der Waals surface area contributed by atoms with Crippen LogP contribution in [-0.4, -0.2) is 205 Å². The van der Waals surface area contributed by atoms with Crippen LogP contribution in [0.2, 0.25) is 0 Å². The monoisotopic (exact) mass is 1480 g/mol. The van der Waals surface area contributed by atoms with Crippen LogP contribution in [0.4, 0.5) is 0 Å². The third kappa shape index (κ3) is 31.9. The summed E-state index contributed by atoms with van der Waals surface area (Å²) in [5.74, 6) is -16.0. The lowest BCUT2D eigenvalue weighted by molar-refractivity contribution is -0.142. The first-order valence-corrected chi connectivity index (χ1v) is 34.3. The van der Waals surface area contributed by atoms with E-state index in [0.29, 0.717) is 16.8 Å². The molecule has 1 aromatic heterocycles. The molecule has 14 atom stereocenters. The van der Waals surface area contributed by atoms with Crippen molar-refractivity contribution in [2.24, 2.45) is 67.9 Å². The zero-order valence-electron chi connectivity index (χ0n) is 60.0. The number of H-pyrrole nitrogens is 1. The molecule has 29 N–H and O–H groups in total. The summed E-state index contributed by atoms with van der Waals surface area (Å²) >= 11 is 0. The fourth-order valence-electron chi connectivity index (χ4n) is 10.5. The van der Waals surface area contributed by atoms with Crippen molar-refractivity contribution in [1.82, 2.24) is 63.1 Å². The number of phenolic OH excluding ortho intramolecular Hbond substituents is 2. The summed E-state index contributed by atoms with van der Waals surface area (Å²) in [6.07, 6.45) is -1.24. The molecule has 3 aromatic rings. The number of carbonyl (C=O) groups is 13. The molecule has 0 saturated heterocycles. The van der Waals surface area contributed by atoms with Crippen molar-refractivity contribution in [2.75, 3.05) is 13.1 Å². The fourth-order valence-corrected chi connectivity index (χ4v) is 10.5. The topological polar surface area (TPSA) is 659 Å². The van der Waals surface area contributed by atoms with E-state index in [4.69, 9.17) is 40.1 Å². The number of carbonyl (C=O) groups excluding carboxylic acids is 12. The highest BCUT2D eigenvalue weighted by atomic mass is 16.4. The summed E-state index contributed by atoms with van der Waals surface area (Å²) < 4.78 is 0. The number of nitrogens with zero attached hydrogens (tertiary/aromatic N) is 3. The molecule has 0 aliphatic heterocycles. The van der Waals surface area contributed by atoms with Gasteiger partial charge in [-0.2, -0.15) is 0 Å². The number of aliphatic hydroxyl groups excluding tert-OH is 1. The smallest absolute Gasteiger partial charge is 0.326 e. The SMILES string of the molecule is CCC(C)C(NC(=O)C(Cc1ccc(O)cc1)NC(=O)C(N)Cc1cnc[nH]1)C(=O)NC(CC(N)=O)C(=O)NC(CC(C)C)C(=O)NC(C(=O)NC(C(=O)NC(CCCN=C(N)N)C(=O)NC(CCC(N)=O)C(=O)NC(CCCN=C(N)N)C(=O)NC(Cc1ccc(O)cc1)C(=O)O)C(C)O)C(C)CC. The van der Waals surface area contributed by atoms with E-state index in [2.05, 4.69) is 73.1 Å². The Morgan fingerprint density at radius 2 is 0.848 bits per heavy atom. The average molecular weight is 1480 g/mol. The number of aromatic nitrogens is 2. The molecule has 580 valence electrons. The van der Waals surface area contributed by atoms with Gasteiger partial charge in [0, 0.05) is 50.7 Å². The van der Waals surface area contributed by atoms with E-state index >= 15 is 0 Å². The Bertz CT molecular complexity index is 3460. The Morgan fingerprint density at radius 3 is 1.27 bits per heavy atom. The number of hydrogen-bond donors (Lipinski definition) is 22. The number of aromatic amines is 1. The van der Waals surface area contributed by atoms with Crippen LogP contribution in [0.3, 0.4) is 0 Å². The molecule has 0 saturated carbocycles. The van der Waals surface area contributed by atoms with Gasteiger partial charge in [-0.3, -0.25) is 67.5 Å². The molecule has 1 heterocycles. The molecular weight excluding hydrogens is 1370 g/mol. The fraction of sp³-hybridized carbons (Fsp3) is 0.552. The molecule has 14 unspecified atom stereocenters. The Labute approximate surface area is 607 Å². The summed E-state index contributed by atoms with van der Waals surface area (Å²) in [5, 5.41) is 66.1. The number of amides is 12. The van der Waals surface area contributed by atoms with Gasteiger partial charge in [0.25, 0.3) is 0 Å². The van der Waals surface area contributed by atoms with Gasteiger partial charge in [-0.1, -0.05) is 78.6 Å². The van der Waals surface area contributed by atoms with Crippen LogP contribution in [0.5, 0.6) is 11.5 Å². The highest BCUT2D eigenvalue weighted by Gasteiger charge is 2.39. The normalized spacial score (nSPS) is 15.1. The third-order valence-electron chi connectivity index (χ3n) is 16.8. The molecule has 2 aromatic carbocycles. The van der Waals surface area contributed by atoms with E-state index in [9.17, 15) is 82.8 Å². The highest BCUT2D eigenvalue weighted by molar-refractivity contribution is 6.00. The van der Waals surface area contributed by atoms with Crippen LogP contribution in [0, 0.1) is 17.8 Å². The number of rotatable bonds is 47. The predicted octanol–water partition coefficient (Wildman–Crippen LogP) is -5.12. The van der Waals surface area contributed by atoms with E-state index < -0.39 is 181 Å². The maximum atomic E-state index is 14.6. The summed E-state index contributed by atoms with van der Waals surface area (Å²) in [4.78, 5) is 195. The molecule has 0 spiro atoms. The number of aliphatic imine (C=N–C) groups is 2. The largest absolute Gasteiger partial charge is 0.508 e. The van der Waals surface area contributed by atoms with Crippen molar-refractivity contribution in [3.05, 3.63) is 77.9 Å². The molecule has 0 bridgehead atoms. The van der Waals surface area contributed by atoms with Gasteiger partial charge in [-0.15, -0.1) is 0 Å². The number of primary amides is 2. The van der Waals surface area contributed by atoms with Gasteiger partial charge < -0.3 is 119 Å². The molecule has 0 aliphatic rings. The lowest BCUT2D eigenvalue weighted by atomic mass is 9.95. The average Bonchev–Trinajstić information content (AvgIpc) is 1.71. The summed E-state index contributed by atoms with van der Waals surface area (Å²) in [6, 6.07) is -5.84. The van der Waals surface area contributed by atoms with Crippen LogP contribution in [0.15, 0.2) is 71.0 Å². The van der Waals surface area contributed by atoms with E-state index in [0.717, 1.165) is 6.92 Å². The minimum atomic E-state index is -1.90. The first kappa shape index (κ1) is 88.0. The molecule has 38 heteroatoms. The van der Waals surface area contributed by atoms with Crippen LogP contribution in [0.1, 0.15) is 129 Å². The number of hydrogen-bond acceptors (Lipinski definition) is 20. The van der Waals surface area contributed by atoms with Crippen molar-refractivity contribution in [3.63, 3.8) is 0 Å². The van der Waals surface area contributed by atoms with Crippen LogP contribution >= 0.6 is 0 Å². The number of guanidine groups is 2. The Hall–Kier alpha value is -11.2. The molecule has 3 rings (SSSR count). The number of carboxylic acid groups (broad SMARTS) is 1. The molecule has 0 aliphatic carbocycles. The minimum Gasteiger partial charge on any atom is -0.508 e. The van der Waals surface area contributed by atoms with Gasteiger partial charge in [-0.25, -0.2) is 9.78 Å². The van der Waals surface area contributed by atoms with Crippen molar-refractivity contribution in [3.8, 4) is 11.5 Å². The van der Waals surface area contributed by atoms with Gasteiger partial charge in [-0.05, 0) is 98.6 Å². The van der Waals surface area contributed by atoms with Gasteiger partial charge in [0.2, 0.25) is 70.9 Å². The van der Waals surface area contributed by atoms with Gasteiger partial charge in [0.15, 0.2) is 11.9 Å². The summed E-state index contributed by atoms with van der Waals surface area (Å²) in [5.41, 5.74) is 40.8. The molecule has 0 radical (unpaired) electrons. The Kier molecular flexibility index (Phi) is 37.2. The lowest BCUT2D eigenvalue weighted by Gasteiger charge is -2.31. The third-order valence-corrected chi connectivity index (χ3v) is 16.8. The van der Waals surface area contributed by atoms with Gasteiger partial charge in [0.05, 0.1) is 24.9 Å². The lowest BCUT2D eigenvalue weighted by Crippen LogP contribution is -2.63. The number of imidazole rings is 1. The van der Waals surface area contributed by atoms with E-state index in [1.807, 2.05) is 0 Å². The highest BCUT2D eigenvalue weighted by Crippen LogP contribution is 2.18. The van der Waals surface area contributed by atoms with Crippen molar-refractivity contribution < 1.29 is 82.8 Å². The Balaban J connectivity index is 1.94. The van der Waals surface area contributed by atoms with Gasteiger partial charge >= 0.3 is 5.97 Å². The van der Waals surface area contributed by atoms with Crippen LogP contribution < -0.4 is 93.3 Å². The predicted molar refractivity (Wildman–Crippen MR) is 383 cm³/mol.